The number of carboxylic acids is 1. The zero-order valence-electron chi connectivity index (χ0n) is 30.0. The summed E-state index contributed by atoms with van der Waals surface area (Å²) in [5.41, 5.74) is 1.40. The van der Waals surface area contributed by atoms with Gasteiger partial charge in [0.15, 0.2) is 5.82 Å². The van der Waals surface area contributed by atoms with E-state index in [9.17, 15) is 19.5 Å². The molecule has 9 nitrogen and oxygen atoms in total. The molecule has 1 saturated heterocycles. The minimum absolute atomic E-state index is 0.102. The third-order valence-corrected chi connectivity index (χ3v) is 12.7. The summed E-state index contributed by atoms with van der Waals surface area (Å²) in [4.78, 5) is 51.9. The standard InChI is InChI=1S/C40H53N5O4S/c1-5-6-26-7-11-28(12-8-26)29-17-21-45(22-18-29)31-24-41-35(42-25-31)30-13-9-27(10-14-30)23-32(36(46)44-40(19-20-40)38(48)49)43-37(47)33-15-16-34(50-33)39(2,3)4/h9-10,13-16,24-26,28-29,32H,5-8,11-12,17-23H2,1-4H3,(H,43,47)(H,44,46)(H,48,49)/t26-,28-,32-/m0/s1. The van der Waals surface area contributed by atoms with E-state index in [1.807, 2.05) is 42.7 Å². The molecule has 2 aromatic heterocycles. The number of aromatic nitrogens is 2. The molecule has 1 aliphatic heterocycles. The van der Waals surface area contributed by atoms with Crippen molar-refractivity contribution in [2.45, 2.75) is 115 Å². The van der Waals surface area contributed by atoms with Gasteiger partial charge in [0.05, 0.1) is 23.0 Å². The van der Waals surface area contributed by atoms with E-state index in [0.717, 1.165) is 52.5 Å². The number of rotatable bonds is 12. The lowest BCUT2D eigenvalue weighted by Gasteiger charge is -2.39. The third kappa shape index (κ3) is 8.56. The highest BCUT2D eigenvalue weighted by Crippen LogP contribution is 2.40. The summed E-state index contributed by atoms with van der Waals surface area (Å²) in [6, 6.07) is 10.4. The average molecular weight is 700 g/mol. The number of carbonyl (C=O) groups excluding carboxylic acids is 2. The molecule has 0 unspecified atom stereocenters. The Labute approximate surface area is 300 Å². The van der Waals surface area contributed by atoms with Crippen LogP contribution in [0.4, 0.5) is 5.69 Å². The number of carboxylic acid groups (broad SMARTS) is 1. The molecular formula is C40H53N5O4S. The van der Waals surface area contributed by atoms with Gasteiger partial charge in [-0.05, 0) is 79.4 Å². The van der Waals surface area contributed by atoms with Crippen LogP contribution in [0.2, 0.25) is 0 Å². The minimum Gasteiger partial charge on any atom is -0.480 e. The van der Waals surface area contributed by atoms with Crippen LogP contribution in [0, 0.1) is 17.8 Å². The second kappa shape index (κ2) is 15.2. The fourth-order valence-corrected chi connectivity index (χ4v) is 8.75. The first-order valence-corrected chi connectivity index (χ1v) is 19.4. The van der Waals surface area contributed by atoms with Crippen molar-refractivity contribution in [3.63, 3.8) is 0 Å². The van der Waals surface area contributed by atoms with E-state index in [1.54, 1.807) is 6.07 Å². The normalized spacial score (nSPS) is 21.3. The Bertz CT molecular complexity index is 1630. The van der Waals surface area contributed by atoms with E-state index >= 15 is 0 Å². The first-order valence-electron chi connectivity index (χ1n) is 18.6. The van der Waals surface area contributed by atoms with E-state index in [4.69, 9.17) is 9.97 Å². The highest BCUT2D eigenvalue weighted by atomic mass is 32.1. The van der Waals surface area contributed by atoms with Crippen LogP contribution in [0.15, 0.2) is 48.8 Å². The molecule has 0 radical (unpaired) electrons. The van der Waals surface area contributed by atoms with Gasteiger partial charge in [-0.1, -0.05) is 77.6 Å². The molecule has 6 rings (SSSR count). The van der Waals surface area contributed by atoms with Crippen molar-refractivity contribution in [3.8, 4) is 11.4 Å². The fourth-order valence-electron chi connectivity index (χ4n) is 7.79. The predicted molar refractivity (Wildman–Crippen MR) is 198 cm³/mol. The summed E-state index contributed by atoms with van der Waals surface area (Å²) in [5.74, 6) is 1.42. The zero-order valence-corrected chi connectivity index (χ0v) is 30.9. The van der Waals surface area contributed by atoms with E-state index in [-0.39, 0.29) is 17.7 Å². The quantitative estimate of drug-likeness (QED) is 0.180. The molecule has 2 aliphatic carbocycles. The number of nitrogens with zero attached hydrogens (tertiary/aromatic N) is 3. The number of hydrogen-bond donors (Lipinski definition) is 3. The molecule has 10 heteroatoms. The third-order valence-electron chi connectivity index (χ3n) is 11.2. The molecular weight excluding hydrogens is 647 g/mol. The van der Waals surface area contributed by atoms with Crippen molar-refractivity contribution in [1.29, 1.82) is 0 Å². The van der Waals surface area contributed by atoms with Gasteiger partial charge in [0.1, 0.15) is 11.6 Å². The summed E-state index contributed by atoms with van der Waals surface area (Å²) in [6.07, 6.45) is 15.7. The molecule has 268 valence electrons. The van der Waals surface area contributed by atoms with Crippen molar-refractivity contribution in [3.05, 3.63) is 64.1 Å². The monoisotopic (exact) mass is 699 g/mol. The maximum Gasteiger partial charge on any atom is 0.329 e. The van der Waals surface area contributed by atoms with Gasteiger partial charge in [-0.15, -0.1) is 11.3 Å². The van der Waals surface area contributed by atoms with Crippen molar-refractivity contribution >= 4 is 34.8 Å². The number of nitrogens with one attached hydrogen (secondary N) is 2. The molecule has 2 amide bonds. The van der Waals surface area contributed by atoms with Crippen LogP contribution >= 0.6 is 11.3 Å². The van der Waals surface area contributed by atoms with E-state index in [1.165, 1.54) is 62.7 Å². The average Bonchev–Trinajstić information content (AvgIpc) is 3.71. The van der Waals surface area contributed by atoms with Crippen LogP contribution in [0.25, 0.3) is 11.4 Å². The zero-order chi connectivity index (χ0) is 35.5. The lowest BCUT2D eigenvalue weighted by atomic mass is 9.72. The Kier molecular flexibility index (Phi) is 11.0. The molecule has 2 saturated carbocycles. The number of benzene rings is 1. The molecule has 1 atom stereocenters. The van der Waals surface area contributed by atoms with Gasteiger partial charge in [-0.3, -0.25) is 9.59 Å². The molecule has 0 spiro atoms. The van der Waals surface area contributed by atoms with E-state index in [0.29, 0.717) is 23.5 Å². The molecule has 3 aliphatic rings. The summed E-state index contributed by atoms with van der Waals surface area (Å²) < 4.78 is 0. The van der Waals surface area contributed by atoms with Crippen LogP contribution in [-0.4, -0.2) is 57.5 Å². The number of hydrogen-bond acceptors (Lipinski definition) is 7. The highest BCUT2D eigenvalue weighted by Gasteiger charge is 2.52. The van der Waals surface area contributed by atoms with E-state index in [2.05, 4.69) is 43.2 Å². The highest BCUT2D eigenvalue weighted by molar-refractivity contribution is 7.14. The number of piperidine rings is 1. The summed E-state index contributed by atoms with van der Waals surface area (Å²) in [5, 5.41) is 15.2. The number of anilines is 1. The van der Waals surface area contributed by atoms with Crippen molar-refractivity contribution in [2.75, 3.05) is 18.0 Å². The van der Waals surface area contributed by atoms with Crippen molar-refractivity contribution in [2.24, 2.45) is 17.8 Å². The van der Waals surface area contributed by atoms with Crippen LogP contribution in [0.1, 0.15) is 112 Å². The van der Waals surface area contributed by atoms with Gasteiger partial charge in [-0.25, -0.2) is 14.8 Å². The van der Waals surface area contributed by atoms with Crippen LogP contribution in [-0.2, 0) is 21.4 Å². The fraction of sp³-hybridized carbons (Fsp3) is 0.575. The van der Waals surface area contributed by atoms with Gasteiger partial charge in [-0.2, -0.15) is 0 Å². The second-order valence-electron chi connectivity index (χ2n) is 15.9. The molecule has 0 bridgehead atoms. The first kappa shape index (κ1) is 36.0. The largest absolute Gasteiger partial charge is 0.480 e. The lowest BCUT2D eigenvalue weighted by Crippen LogP contribution is -2.53. The maximum absolute atomic E-state index is 13.4. The number of amides is 2. The van der Waals surface area contributed by atoms with E-state index < -0.39 is 23.5 Å². The van der Waals surface area contributed by atoms with Gasteiger partial charge in [0.2, 0.25) is 5.91 Å². The van der Waals surface area contributed by atoms with Crippen LogP contribution in [0.5, 0.6) is 0 Å². The molecule has 50 heavy (non-hydrogen) atoms. The Morgan fingerprint density at radius 1 is 0.940 bits per heavy atom. The molecule has 1 aromatic carbocycles. The summed E-state index contributed by atoms with van der Waals surface area (Å²) in [6.45, 7) is 10.7. The first-order chi connectivity index (χ1) is 23.9. The topological polar surface area (TPSA) is 125 Å². The summed E-state index contributed by atoms with van der Waals surface area (Å²) >= 11 is 1.40. The SMILES string of the molecule is CCC[C@H]1CC[C@H](C2CCN(c3cnc(-c4ccc(C[C@H](NC(=O)c5ccc(C(C)(C)C)s5)C(=O)NC5(C(=O)O)CC5)cc4)nc3)CC2)CC1. The van der Waals surface area contributed by atoms with Crippen molar-refractivity contribution in [1.82, 2.24) is 20.6 Å². The number of aliphatic carboxylic acids is 1. The second-order valence-corrected chi connectivity index (χ2v) is 17.0. The maximum atomic E-state index is 13.4. The Morgan fingerprint density at radius 3 is 2.14 bits per heavy atom. The smallest absolute Gasteiger partial charge is 0.329 e. The van der Waals surface area contributed by atoms with Crippen LogP contribution in [0.3, 0.4) is 0 Å². The van der Waals surface area contributed by atoms with Gasteiger partial charge < -0.3 is 20.6 Å². The van der Waals surface area contributed by atoms with Gasteiger partial charge >= 0.3 is 5.97 Å². The van der Waals surface area contributed by atoms with Gasteiger partial charge in [0.25, 0.3) is 5.91 Å². The molecule has 3 N–H and O–H groups in total. The van der Waals surface area contributed by atoms with Gasteiger partial charge in [0, 0.05) is 30.0 Å². The molecule has 3 heterocycles. The lowest BCUT2D eigenvalue weighted by molar-refractivity contribution is -0.143. The Balaban J connectivity index is 1.06. The minimum atomic E-state index is -1.25. The molecule has 3 aromatic rings. The molecule has 3 fully saturated rings. The predicted octanol–water partition coefficient (Wildman–Crippen LogP) is 7.40. The number of carbonyl (C=O) groups is 3. The number of thiophene rings is 1. The van der Waals surface area contributed by atoms with Crippen molar-refractivity contribution < 1.29 is 19.5 Å². The Morgan fingerprint density at radius 2 is 1.58 bits per heavy atom. The summed E-state index contributed by atoms with van der Waals surface area (Å²) in [7, 11) is 0. The van der Waals surface area contributed by atoms with Crippen LogP contribution < -0.4 is 15.5 Å². The Hall–Kier alpha value is -3.79.